The molecule has 72 valence electrons. The highest BCUT2D eigenvalue weighted by Gasteiger charge is 2.17. The zero-order valence-electron chi connectivity index (χ0n) is 7.70. The SMILES string of the molecule is NC(CNC1CCC1)c1cccs1. The van der Waals surface area contributed by atoms with Gasteiger partial charge in [0, 0.05) is 17.5 Å². The van der Waals surface area contributed by atoms with Crippen LogP contribution in [0.15, 0.2) is 17.5 Å². The van der Waals surface area contributed by atoms with Crippen molar-refractivity contribution in [3.8, 4) is 0 Å². The lowest BCUT2D eigenvalue weighted by Gasteiger charge is -2.27. The molecule has 3 heteroatoms. The van der Waals surface area contributed by atoms with Crippen molar-refractivity contribution < 1.29 is 0 Å². The molecule has 1 aromatic heterocycles. The number of nitrogens with two attached hydrogens (primary N) is 1. The summed E-state index contributed by atoms with van der Waals surface area (Å²) in [7, 11) is 0. The fraction of sp³-hybridized carbons (Fsp3) is 0.600. The van der Waals surface area contributed by atoms with Gasteiger partial charge in [0.2, 0.25) is 0 Å². The van der Waals surface area contributed by atoms with E-state index in [1.54, 1.807) is 11.3 Å². The molecule has 1 atom stereocenters. The van der Waals surface area contributed by atoms with Crippen LogP contribution in [0.4, 0.5) is 0 Å². The maximum absolute atomic E-state index is 6.01. The van der Waals surface area contributed by atoms with Crippen molar-refractivity contribution >= 4 is 11.3 Å². The molecule has 1 heterocycles. The summed E-state index contributed by atoms with van der Waals surface area (Å²) < 4.78 is 0. The molecule has 1 saturated carbocycles. The van der Waals surface area contributed by atoms with Crippen molar-refractivity contribution in [2.75, 3.05) is 6.54 Å². The van der Waals surface area contributed by atoms with Gasteiger partial charge in [-0.25, -0.2) is 0 Å². The first-order valence-electron chi connectivity index (χ1n) is 4.88. The van der Waals surface area contributed by atoms with E-state index in [1.807, 2.05) is 0 Å². The van der Waals surface area contributed by atoms with Gasteiger partial charge in [0.25, 0.3) is 0 Å². The summed E-state index contributed by atoms with van der Waals surface area (Å²) in [5, 5.41) is 5.57. The van der Waals surface area contributed by atoms with E-state index in [1.165, 1.54) is 24.1 Å². The largest absolute Gasteiger partial charge is 0.322 e. The lowest BCUT2D eigenvalue weighted by atomic mass is 9.93. The molecule has 1 aliphatic rings. The van der Waals surface area contributed by atoms with E-state index in [-0.39, 0.29) is 6.04 Å². The van der Waals surface area contributed by atoms with Crippen LogP contribution in [0.1, 0.15) is 30.2 Å². The molecule has 0 aliphatic heterocycles. The third kappa shape index (κ3) is 2.30. The number of thiophene rings is 1. The zero-order valence-corrected chi connectivity index (χ0v) is 8.52. The maximum atomic E-state index is 6.01. The van der Waals surface area contributed by atoms with E-state index >= 15 is 0 Å². The Hall–Kier alpha value is -0.380. The van der Waals surface area contributed by atoms with Crippen LogP contribution in [-0.4, -0.2) is 12.6 Å². The molecule has 13 heavy (non-hydrogen) atoms. The molecule has 2 rings (SSSR count). The van der Waals surface area contributed by atoms with Gasteiger partial charge in [-0.15, -0.1) is 11.3 Å². The number of hydrogen-bond donors (Lipinski definition) is 2. The standard InChI is InChI=1S/C10H16N2S/c11-9(10-5-2-6-13-10)7-12-8-3-1-4-8/h2,5-6,8-9,12H,1,3-4,7,11H2. The number of rotatable bonds is 4. The summed E-state index contributed by atoms with van der Waals surface area (Å²) in [4.78, 5) is 1.28. The molecule has 1 unspecified atom stereocenters. The molecular weight excluding hydrogens is 180 g/mol. The van der Waals surface area contributed by atoms with Gasteiger partial charge in [-0.2, -0.15) is 0 Å². The second kappa shape index (κ2) is 4.22. The first kappa shape index (κ1) is 9.19. The summed E-state index contributed by atoms with van der Waals surface area (Å²) >= 11 is 1.74. The second-order valence-corrected chi connectivity index (χ2v) is 4.64. The van der Waals surface area contributed by atoms with Crippen LogP contribution >= 0.6 is 11.3 Å². The third-order valence-corrected chi connectivity index (χ3v) is 3.64. The van der Waals surface area contributed by atoms with Gasteiger partial charge in [0.15, 0.2) is 0 Å². The predicted octanol–water partition coefficient (Wildman–Crippen LogP) is 1.89. The van der Waals surface area contributed by atoms with E-state index in [0.29, 0.717) is 0 Å². The van der Waals surface area contributed by atoms with E-state index in [9.17, 15) is 0 Å². The summed E-state index contributed by atoms with van der Waals surface area (Å²) in [5.74, 6) is 0. The minimum atomic E-state index is 0.181. The Morgan fingerprint density at radius 2 is 2.46 bits per heavy atom. The highest BCUT2D eigenvalue weighted by atomic mass is 32.1. The summed E-state index contributed by atoms with van der Waals surface area (Å²) in [5.41, 5.74) is 6.01. The van der Waals surface area contributed by atoms with Crippen molar-refractivity contribution in [3.63, 3.8) is 0 Å². The van der Waals surface area contributed by atoms with Gasteiger partial charge in [-0.3, -0.25) is 0 Å². The van der Waals surface area contributed by atoms with Gasteiger partial charge in [-0.1, -0.05) is 12.5 Å². The Kier molecular flexibility index (Phi) is 2.98. The Morgan fingerprint density at radius 1 is 1.62 bits per heavy atom. The lowest BCUT2D eigenvalue weighted by molar-refractivity contribution is 0.333. The molecule has 0 aromatic carbocycles. The van der Waals surface area contributed by atoms with Gasteiger partial charge < -0.3 is 11.1 Å². The summed E-state index contributed by atoms with van der Waals surface area (Å²) in [6, 6.07) is 5.09. The topological polar surface area (TPSA) is 38.0 Å². The van der Waals surface area contributed by atoms with E-state index in [2.05, 4.69) is 22.8 Å². The van der Waals surface area contributed by atoms with Crippen LogP contribution in [-0.2, 0) is 0 Å². The zero-order chi connectivity index (χ0) is 9.10. The predicted molar refractivity (Wildman–Crippen MR) is 56.9 cm³/mol. The molecule has 0 spiro atoms. The first-order valence-corrected chi connectivity index (χ1v) is 5.76. The molecule has 1 fully saturated rings. The number of nitrogens with one attached hydrogen (secondary N) is 1. The lowest BCUT2D eigenvalue weighted by Crippen LogP contribution is -2.39. The smallest absolute Gasteiger partial charge is 0.0516 e. The minimum Gasteiger partial charge on any atom is -0.322 e. The average molecular weight is 196 g/mol. The molecule has 2 nitrogen and oxygen atoms in total. The summed E-state index contributed by atoms with van der Waals surface area (Å²) in [6.07, 6.45) is 4.04. The third-order valence-electron chi connectivity index (χ3n) is 2.64. The van der Waals surface area contributed by atoms with Gasteiger partial charge >= 0.3 is 0 Å². The maximum Gasteiger partial charge on any atom is 0.0516 e. The minimum absolute atomic E-state index is 0.181. The monoisotopic (exact) mass is 196 g/mol. The molecular formula is C10H16N2S. The molecule has 0 radical (unpaired) electrons. The number of hydrogen-bond acceptors (Lipinski definition) is 3. The van der Waals surface area contributed by atoms with Crippen LogP contribution in [0.5, 0.6) is 0 Å². The van der Waals surface area contributed by atoms with Crippen LogP contribution in [0.3, 0.4) is 0 Å². The Bertz CT molecular complexity index is 241. The van der Waals surface area contributed by atoms with Crippen LogP contribution in [0, 0.1) is 0 Å². The summed E-state index contributed by atoms with van der Waals surface area (Å²) in [6.45, 7) is 0.922. The van der Waals surface area contributed by atoms with Crippen molar-refractivity contribution in [1.29, 1.82) is 0 Å². The second-order valence-electron chi connectivity index (χ2n) is 3.66. The average Bonchev–Trinajstić information content (AvgIpc) is 2.52. The Labute approximate surface area is 83.1 Å². The highest BCUT2D eigenvalue weighted by molar-refractivity contribution is 7.10. The quantitative estimate of drug-likeness (QED) is 0.771. The van der Waals surface area contributed by atoms with E-state index < -0.39 is 0 Å². The molecule has 1 aromatic rings. The normalized spacial score (nSPS) is 19.8. The molecule has 0 saturated heterocycles. The Morgan fingerprint density at radius 3 is 3.00 bits per heavy atom. The highest BCUT2D eigenvalue weighted by Crippen LogP contribution is 2.20. The van der Waals surface area contributed by atoms with Gasteiger partial charge in [0.1, 0.15) is 0 Å². The van der Waals surface area contributed by atoms with Crippen molar-refractivity contribution in [1.82, 2.24) is 5.32 Å². The van der Waals surface area contributed by atoms with E-state index in [4.69, 9.17) is 5.73 Å². The van der Waals surface area contributed by atoms with E-state index in [0.717, 1.165) is 12.6 Å². The fourth-order valence-electron chi connectivity index (χ4n) is 1.51. The van der Waals surface area contributed by atoms with Crippen molar-refractivity contribution in [2.45, 2.75) is 31.3 Å². The van der Waals surface area contributed by atoms with Crippen LogP contribution in [0.2, 0.25) is 0 Å². The van der Waals surface area contributed by atoms with Crippen LogP contribution < -0.4 is 11.1 Å². The molecule has 0 bridgehead atoms. The fourth-order valence-corrected chi connectivity index (χ4v) is 2.24. The van der Waals surface area contributed by atoms with Crippen molar-refractivity contribution in [3.05, 3.63) is 22.4 Å². The molecule has 0 amide bonds. The van der Waals surface area contributed by atoms with Gasteiger partial charge in [0.05, 0.1) is 6.04 Å². The van der Waals surface area contributed by atoms with Crippen molar-refractivity contribution in [2.24, 2.45) is 5.73 Å². The molecule has 1 aliphatic carbocycles. The molecule has 3 N–H and O–H groups in total. The van der Waals surface area contributed by atoms with Gasteiger partial charge in [-0.05, 0) is 24.3 Å². The first-order chi connectivity index (χ1) is 6.36. The Balaban J connectivity index is 1.74. The van der Waals surface area contributed by atoms with Crippen LogP contribution in [0.25, 0.3) is 0 Å².